The number of carbonyl (C=O) groups is 2. The van der Waals surface area contributed by atoms with Crippen molar-refractivity contribution in [2.24, 2.45) is 0 Å². The molecule has 0 spiro atoms. The smallest absolute Gasteiger partial charge is 0.326 e. The van der Waals surface area contributed by atoms with Crippen LogP contribution in [0.4, 0.5) is 4.79 Å². The first-order valence-electron chi connectivity index (χ1n) is 4.69. The Labute approximate surface area is 99.6 Å². The number of amides is 2. The Balaban J connectivity index is 4.23. The molecule has 0 aromatic carbocycles. The Morgan fingerprint density at radius 3 is 2.69 bits per heavy atom. The van der Waals surface area contributed by atoms with E-state index in [1.807, 2.05) is 6.26 Å². The minimum Gasteiger partial charge on any atom is -0.480 e. The third kappa shape index (κ3) is 5.51. The van der Waals surface area contributed by atoms with Crippen LogP contribution in [-0.2, 0) is 4.79 Å². The molecule has 0 fully saturated rings. The number of terminal acetylenes is 1. The normalized spacial score (nSPS) is 11.3. The van der Waals surface area contributed by atoms with Gasteiger partial charge in [0.2, 0.25) is 0 Å². The number of thioether (sulfide) groups is 1. The predicted molar refractivity (Wildman–Crippen MR) is 64.4 cm³/mol. The largest absolute Gasteiger partial charge is 0.480 e. The summed E-state index contributed by atoms with van der Waals surface area (Å²) >= 11 is 1.53. The molecule has 0 bridgehead atoms. The summed E-state index contributed by atoms with van der Waals surface area (Å²) in [7, 11) is 1.52. The number of hydrogen-bond acceptors (Lipinski definition) is 3. The number of carboxylic acid groups (broad SMARTS) is 1. The zero-order chi connectivity index (χ0) is 12.6. The van der Waals surface area contributed by atoms with Gasteiger partial charge >= 0.3 is 12.0 Å². The highest BCUT2D eigenvalue weighted by Crippen LogP contribution is 2.01. The summed E-state index contributed by atoms with van der Waals surface area (Å²) in [6.07, 6.45) is 7.32. The fourth-order valence-corrected chi connectivity index (χ4v) is 1.43. The number of carboxylic acids is 1. The highest BCUT2D eigenvalue weighted by atomic mass is 32.2. The van der Waals surface area contributed by atoms with E-state index < -0.39 is 18.0 Å². The molecule has 0 aliphatic carbocycles. The van der Waals surface area contributed by atoms with Gasteiger partial charge in [0, 0.05) is 7.05 Å². The third-order valence-corrected chi connectivity index (χ3v) is 2.53. The Morgan fingerprint density at radius 2 is 2.25 bits per heavy atom. The first-order chi connectivity index (χ1) is 7.52. The van der Waals surface area contributed by atoms with Crippen LogP contribution in [0.3, 0.4) is 0 Å². The molecule has 0 radical (unpaired) electrons. The number of urea groups is 1. The van der Waals surface area contributed by atoms with Gasteiger partial charge in [-0.15, -0.1) is 6.42 Å². The molecule has 0 aliphatic rings. The number of hydrogen-bond donors (Lipinski definition) is 2. The van der Waals surface area contributed by atoms with Crippen LogP contribution in [0.15, 0.2) is 0 Å². The van der Waals surface area contributed by atoms with Crippen molar-refractivity contribution < 1.29 is 14.7 Å². The fourth-order valence-electron chi connectivity index (χ4n) is 0.961. The average Bonchev–Trinajstić information content (AvgIpc) is 2.23. The van der Waals surface area contributed by atoms with E-state index in [0.717, 1.165) is 0 Å². The van der Waals surface area contributed by atoms with Gasteiger partial charge in [-0.2, -0.15) is 11.8 Å². The quantitative estimate of drug-likeness (QED) is 0.666. The molecule has 0 rings (SSSR count). The zero-order valence-corrected chi connectivity index (χ0v) is 10.2. The van der Waals surface area contributed by atoms with Gasteiger partial charge in [0.1, 0.15) is 6.04 Å². The first-order valence-corrected chi connectivity index (χ1v) is 6.09. The SMILES string of the molecule is C#CCN(C)C(=O)N[C@@H](CCSC)C(=O)O. The van der Waals surface area contributed by atoms with Crippen molar-refractivity contribution in [3.05, 3.63) is 0 Å². The van der Waals surface area contributed by atoms with Gasteiger partial charge in [-0.25, -0.2) is 9.59 Å². The lowest BCUT2D eigenvalue weighted by Crippen LogP contribution is -2.47. The van der Waals surface area contributed by atoms with E-state index in [1.54, 1.807) is 0 Å². The molecule has 0 saturated carbocycles. The summed E-state index contributed by atoms with van der Waals surface area (Å²) in [6.45, 7) is 0.153. The monoisotopic (exact) mass is 244 g/mol. The van der Waals surface area contributed by atoms with E-state index in [-0.39, 0.29) is 6.54 Å². The van der Waals surface area contributed by atoms with Crippen LogP contribution in [-0.4, -0.2) is 53.6 Å². The lowest BCUT2D eigenvalue weighted by atomic mass is 10.2. The van der Waals surface area contributed by atoms with Crippen LogP contribution < -0.4 is 5.32 Å². The Morgan fingerprint density at radius 1 is 1.62 bits per heavy atom. The maximum Gasteiger partial charge on any atom is 0.326 e. The van der Waals surface area contributed by atoms with Crippen LogP contribution in [0.2, 0.25) is 0 Å². The topological polar surface area (TPSA) is 69.6 Å². The van der Waals surface area contributed by atoms with Gasteiger partial charge in [-0.3, -0.25) is 0 Å². The van der Waals surface area contributed by atoms with E-state index in [4.69, 9.17) is 11.5 Å². The maximum atomic E-state index is 11.5. The number of rotatable bonds is 6. The van der Waals surface area contributed by atoms with E-state index in [2.05, 4.69) is 11.2 Å². The van der Waals surface area contributed by atoms with Crippen LogP contribution in [0, 0.1) is 12.3 Å². The summed E-state index contributed by atoms with van der Waals surface area (Å²) in [5.41, 5.74) is 0. The van der Waals surface area contributed by atoms with E-state index in [9.17, 15) is 9.59 Å². The second-order valence-electron chi connectivity index (χ2n) is 3.18. The number of aliphatic carboxylic acids is 1. The van der Waals surface area contributed by atoms with E-state index in [1.165, 1.54) is 23.7 Å². The van der Waals surface area contributed by atoms with Gasteiger partial charge in [0.25, 0.3) is 0 Å². The minimum absolute atomic E-state index is 0.153. The molecule has 1 atom stereocenters. The van der Waals surface area contributed by atoms with Crippen molar-refractivity contribution in [2.45, 2.75) is 12.5 Å². The Kier molecular flexibility index (Phi) is 7.21. The molecule has 6 heteroatoms. The van der Waals surface area contributed by atoms with E-state index >= 15 is 0 Å². The van der Waals surface area contributed by atoms with Gasteiger partial charge in [0.05, 0.1) is 6.54 Å². The molecule has 2 N–H and O–H groups in total. The molecular formula is C10H16N2O3S. The lowest BCUT2D eigenvalue weighted by Gasteiger charge is -2.19. The van der Waals surface area contributed by atoms with Gasteiger partial charge in [0.15, 0.2) is 0 Å². The van der Waals surface area contributed by atoms with Gasteiger partial charge in [-0.05, 0) is 18.4 Å². The van der Waals surface area contributed by atoms with Crippen LogP contribution in [0.1, 0.15) is 6.42 Å². The van der Waals surface area contributed by atoms with E-state index in [0.29, 0.717) is 12.2 Å². The number of carbonyl (C=O) groups excluding carboxylic acids is 1. The molecule has 0 aliphatic heterocycles. The van der Waals surface area contributed by atoms with Crippen molar-refractivity contribution in [3.63, 3.8) is 0 Å². The summed E-state index contributed by atoms with van der Waals surface area (Å²) < 4.78 is 0. The lowest BCUT2D eigenvalue weighted by molar-refractivity contribution is -0.139. The second kappa shape index (κ2) is 7.88. The summed E-state index contributed by atoms with van der Waals surface area (Å²) in [4.78, 5) is 23.6. The predicted octanol–water partition coefficient (Wildman–Crippen LogP) is 0.467. The van der Waals surface area contributed by atoms with Crippen molar-refractivity contribution in [3.8, 4) is 12.3 Å². The molecule has 0 unspecified atom stereocenters. The van der Waals surface area contributed by atoms with Gasteiger partial charge < -0.3 is 15.3 Å². The molecule has 0 saturated heterocycles. The molecule has 5 nitrogen and oxygen atoms in total. The standard InChI is InChI=1S/C10H16N2O3S/c1-4-6-12(2)10(15)11-8(9(13)14)5-7-16-3/h1,8H,5-7H2,2-3H3,(H,11,15)(H,13,14)/t8-/m0/s1. The molecule has 2 amide bonds. The molecule has 0 aromatic heterocycles. The van der Waals surface area contributed by atoms with Crippen LogP contribution in [0.25, 0.3) is 0 Å². The van der Waals surface area contributed by atoms with Crippen molar-refractivity contribution >= 4 is 23.8 Å². The third-order valence-electron chi connectivity index (χ3n) is 1.88. The number of nitrogens with zero attached hydrogens (tertiary/aromatic N) is 1. The summed E-state index contributed by atoms with van der Waals surface area (Å²) in [5.74, 6) is 1.95. The molecule has 0 heterocycles. The number of nitrogens with one attached hydrogen (secondary N) is 1. The second-order valence-corrected chi connectivity index (χ2v) is 4.17. The maximum absolute atomic E-state index is 11.5. The highest BCUT2D eigenvalue weighted by Gasteiger charge is 2.20. The highest BCUT2D eigenvalue weighted by molar-refractivity contribution is 7.98. The van der Waals surface area contributed by atoms with Crippen LogP contribution in [0.5, 0.6) is 0 Å². The fraction of sp³-hybridized carbons (Fsp3) is 0.600. The zero-order valence-electron chi connectivity index (χ0n) is 9.40. The van der Waals surface area contributed by atoms with Crippen molar-refractivity contribution in [2.75, 3.05) is 25.6 Å². The summed E-state index contributed by atoms with van der Waals surface area (Å²) in [6, 6.07) is -1.33. The first kappa shape index (κ1) is 14.6. The molecule has 16 heavy (non-hydrogen) atoms. The minimum atomic E-state index is -1.03. The van der Waals surface area contributed by atoms with Crippen molar-refractivity contribution in [1.29, 1.82) is 0 Å². The van der Waals surface area contributed by atoms with Crippen LogP contribution >= 0.6 is 11.8 Å². The van der Waals surface area contributed by atoms with Gasteiger partial charge in [-0.1, -0.05) is 5.92 Å². The molecule has 90 valence electrons. The Hall–Kier alpha value is -1.35. The molecular weight excluding hydrogens is 228 g/mol. The Bertz CT molecular complexity index is 288. The summed E-state index contributed by atoms with van der Waals surface area (Å²) in [5, 5.41) is 11.3. The molecule has 0 aromatic rings. The van der Waals surface area contributed by atoms with Crippen molar-refractivity contribution in [1.82, 2.24) is 10.2 Å². The average molecular weight is 244 g/mol.